The Morgan fingerprint density at radius 2 is 1.46 bits per heavy atom. The fraction of sp³-hybridized carbons (Fsp3) is 0.654. The highest BCUT2D eigenvalue weighted by atomic mass is 15.2. The van der Waals surface area contributed by atoms with Gasteiger partial charge in [-0.2, -0.15) is 4.57 Å². The molecule has 28 heavy (non-hydrogen) atoms. The summed E-state index contributed by atoms with van der Waals surface area (Å²) < 4.78 is 5.49. The fourth-order valence-corrected chi connectivity index (χ4v) is 5.88. The quantitative estimate of drug-likeness (QED) is 0.516. The highest BCUT2D eigenvalue weighted by molar-refractivity contribution is 5.44. The zero-order valence-corrected chi connectivity index (χ0v) is 18.7. The van der Waals surface area contributed by atoms with Gasteiger partial charge in [0.25, 0.3) is 5.82 Å². The molecule has 2 aromatic rings. The highest BCUT2D eigenvalue weighted by Crippen LogP contribution is 2.40. The lowest BCUT2D eigenvalue weighted by molar-refractivity contribution is -0.742. The molecule has 0 spiro atoms. The first-order valence-corrected chi connectivity index (χ1v) is 11.6. The van der Waals surface area contributed by atoms with Crippen LogP contribution >= 0.6 is 0 Å². The SMILES string of the molecule is Cc1ccccc1-n1c(C)c(C2CCCC2)[n+](C2CCCCC2)c1C(C)(C)C. The lowest BCUT2D eigenvalue weighted by atomic mass is 9.90. The Hall–Kier alpha value is -1.57. The minimum Gasteiger partial charge on any atom is -0.227 e. The van der Waals surface area contributed by atoms with Crippen molar-refractivity contribution >= 4 is 0 Å². The Morgan fingerprint density at radius 1 is 0.857 bits per heavy atom. The smallest absolute Gasteiger partial charge is 0.227 e. The average molecular weight is 380 g/mol. The molecule has 0 N–H and O–H groups in total. The second-order valence-corrected chi connectivity index (χ2v) is 10.3. The Bertz CT molecular complexity index is 825. The summed E-state index contributed by atoms with van der Waals surface area (Å²) in [4.78, 5) is 0. The van der Waals surface area contributed by atoms with Crippen LogP contribution in [0.1, 0.15) is 113 Å². The summed E-state index contributed by atoms with van der Waals surface area (Å²) in [5.74, 6) is 2.27. The molecule has 0 radical (unpaired) electrons. The van der Waals surface area contributed by atoms with Crippen LogP contribution in [-0.4, -0.2) is 4.57 Å². The molecule has 0 unspecified atom stereocenters. The molecule has 1 heterocycles. The summed E-state index contributed by atoms with van der Waals surface area (Å²) >= 11 is 0. The number of hydrogen-bond donors (Lipinski definition) is 0. The molecule has 2 aliphatic carbocycles. The number of imidazole rings is 1. The maximum absolute atomic E-state index is 2.86. The van der Waals surface area contributed by atoms with Crippen molar-refractivity contribution in [3.63, 3.8) is 0 Å². The van der Waals surface area contributed by atoms with E-state index in [0.29, 0.717) is 6.04 Å². The van der Waals surface area contributed by atoms with Gasteiger partial charge in [0, 0.05) is 12.8 Å². The van der Waals surface area contributed by atoms with Crippen LogP contribution in [0.5, 0.6) is 0 Å². The van der Waals surface area contributed by atoms with Crippen molar-refractivity contribution in [3.05, 3.63) is 47.0 Å². The minimum absolute atomic E-state index is 0.112. The molecule has 0 saturated heterocycles. The number of rotatable bonds is 3. The molecule has 0 bridgehead atoms. The third-order valence-electron chi connectivity index (χ3n) is 7.11. The largest absolute Gasteiger partial charge is 0.267 e. The van der Waals surface area contributed by atoms with Crippen molar-refractivity contribution in [1.82, 2.24) is 4.57 Å². The molecule has 2 saturated carbocycles. The van der Waals surface area contributed by atoms with Gasteiger partial charge >= 0.3 is 0 Å². The summed E-state index contributed by atoms with van der Waals surface area (Å²) in [7, 11) is 0. The maximum Gasteiger partial charge on any atom is 0.267 e. The molecule has 152 valence electrons. The highest BCUT2D eigenvalue weighted by Gasteiger charge is 2.43. The Kier molecular flexibility index (Phi) is 5.42. The molecule has 1 aromatic carbocycles. The van der Waals surface area contributed by atoms with E-state index in [1.165, 1.54) is 80.6 Å². The molecule has 0 atom stereocenters. The molecule has 0 amide bonds. The van der Waals surface area contributed by atoms with Crippen molar-refractivity contribution in [2.45, 2.75) is 110 Å². The lowest BCUT2D eigenvalue weighted by Crippen LogP contribution is -2.50. The molecule has 2 heteroatoms. The first-order valence-electron chi connectivity index (χ1n) is 11.6. The average Bonchev–Trinajstić information content (AvgIpc) is 3.28. The van der Waals surface area contributed by atoms with Crippen molar-refractivity contribution < 1.29 is 4.57 Å². The molecule has 2 aliphatic rings. The molecular weight excluding hydrogens is 340 g/mol. The molecule has 1 aromatic heterocycles. The zero-order chi connectivity index (χ0) is 19.9. The van der Waals surface area contributed by atoms with Crippen molar-refractivity contribution in [3.8, 4) is 5.69 Å². The maximum atomic E-state index is 2.86. The Morgan fingerprint density at radius 3 is 2.07 bits per heavy atom. The van der Waals surface area contributed by atoms with Gasteiger partial charge in [-0.1, -0.05) is 37.5 Å². The number of aromatic nitrogens is 2. The molecule has 0 aliphatic heterocycles. The van der Waals surface area contributed by atoms with Gasteiger partial charge in [0.15, 0.2) is 0 Å². The van der Waals surface area contributed by atoms with Crippen LogP contribution in [-0.2, 0) is 5.41 Å². The van der Waals surface area contributed by atoms with E-state index in [4.69, 9.17) is 0 Å². The van der Waals surface area contributed by atoms with Crippen molar-refractivity contribution in [1.29, 1.82) is 0 Å². The molecule has 2 fully saturated rings. The van der Waals surface area contributed by atoms with Crippen LogP contribution in [0.25, 0.3) is 5.69 Å². The van der Waals surface area contributed by atoms with E-state index < -0.39 is 0 Å². The summed E-state index contributed by atoms with van der Waals surface area (Å²) in [6, 6.07) is 9.64. The van der Waals surface area contributed by atoms with Gasteiger partial charge in [0.2, 0.25) is 0 Å². The van der Waals surface area contributed by atoms with Gasteiger partial charge in [-0.25, -0.2) is 4.57 Å². The normalized spacial score (nSPS) is 19.5. The van der Waals surface area contributed by atoms with Gasteiger partial charge < -0.3 is 0 Å². The van der Waals surface area contributed by atoms with E-state index in [9.17, 15) is 0 Å². The van der Waals surface area contributed by atoms with Gasteiger partial charge in [-0.3, -0.25) is 0 Å². The van der Waals surface area contributed by atoms with Crippen LogP contribution in [0.3, 0.4) is 0 Å². The van der Waals surface area contributed by atoms with Crippen molar-refractivity contribution in [2.75, 3.05) is 0 Å². The standard InChI is InChI=1S/C26H39N2/c1-19-13-9-12-18-23(19)27-20(2)24(21-14-10-11-15-21)28(25(27)26(3,4)5)22-16-7-6-8-17-22/h9,12-13,18,21-22H,6-8,10-11,14-17H2,1-5H3/q+1. The van der Waals surface area contributed by atoms with Crippen LogP contribution in [0.15, 0.2) is 24.3 Å². The fourth-order valence-electron chi connectivity index (χ4n) is 5.88. The third-order valence-corrected chi connectivity index (χ3v) is 7.11. The first-order chi connectivity index (χ1) is 13.4. The van der Waals surface area contributed by atoms with E-state index in [1.807, 2.05) is 0 Å². The number of aryl methyl sites for hydroxylation is 1. The van der Waals surface area contributed by atoms with Crippen LogP contribution in [0, 0.1) is 13.8 Å². The molecule has 2 nitrogen and oxygen atoms in total. The minimum atomic E-state index is 0.112. The summed E-state index contributed by atoms with van der Waals surface area (Å²) in [6.45, 7) is 11.9. The summed E-state index contributed by atoms with van der Waals surface area (Å²) in [6.07, 6.45) is 12.4. The van der Waals surface area contributed by atoms with E-state index in [0.717, 1.165) is 5.92 Å². The lowest BCUT2D eigenvalue weighted by Gasteiger charge is -2.26. The second kappa shape index (κ2) is 7.69. The Balaban J connectivity index is 2.01. The topological polar surface area (TPSA) is 8.81 Å². The number of para-hydroxylation sites is 1. The predicted octanol–water partition coefficient (Wildman–Crippen LogP) is 6.84. The van der Waals surface area contributed by atoms with E-state index in [1.54, 1.807) is 5.69 Å². The monoisotopic (exact) mass is 379 g/mol. The third kappa shape index (κ3) is 3.44. The molecule has 4 rings (SSSR count). The van der Waals surface area contributed by atoms with Crippen LogP contribution < -0.4 is 4.57 Å². The number of benzene rings is 1. The summed E-state index contributed by atoms with van der Waals surface area (Å²) in [5, 5.41) is 0. The van der Waals surface area contributed by atoms with E-state index in [-0.39, 0.29) is 5.41 Å². The van der Waals surface area contributed by atoms with Crippen LogP contribution in [0.2, 0.25) is 0 Å². The Labute approximate surface area is 172 Å². The zero-order valence-electron chi connectivity index (χ0n) is 18.7. The molecular formula is C26H39N2+. The van der Waals surface area contributed by atoms with Gasteiger partial charge in [-0.15, -0.1) is 0 Å². The van der Waals surface area contributed by atoms with E-state index in [2.05, 4.69) is 68.0 Å². The first kappa shape index (κ1) is 19.7. The number of hydrogen-bond acceptors (Lipinski definition) is 0. The van der Waals surface area contributed by atoms with Gasteiger partial charge in [0.05, 0.1) is 5.41 Å². The van der Waals surface area contributed by atoms with Gasteiger partial charge in [0.1, 0.15) is 23.1 Å². The van der Waals surface area contributed by atoms with Crippen molar-refractivity contribution in [2.24, 2.45) is 0 Å². The summed E-state index contributed by atoms with van der Waals surface area (Å²) in [5.41, 5.74) is 6.02. The predicted molar refractivity (Wildman–Crippen MR) is 117 cm³/mol. The number of nitrogens with zero attached hydrogens (tertiary/aromatic N) is 2. The second-order valence-electron chi connectivity index (χ2n) is 10.3. The van der Waals surface area contributed by atoms with Gasteiger partial charge in [-0.05, 0) is 77.8 Å². The van der Waals surface area contributed by atoms with E-state index >= 15 is 0 Å². The van der Waals surface area contributed by atoms with Crippen LogP contribution in [0.4, 0.5) is 0 Å².